The molecule has 0 fully saturated rings. The van der Waals surface area contributed by atoms with Crippen molar-refractivity contribution in [2.45, 2.75) is 315 Å². The van der Waals surface area contributed by atoms with Crippen LogP contribution in [0.15, 0.2) is 72.9 Å². The molecule has 0 aliphatic rings. The average molecular weight is 1120 g/mol. The highest BCUT2D eigenvalue weighted by Crippen LogP contribution is 2.18. The fourth-order valence-corrected chi connectivity index (χ4v) is 9.61. The molecule has 0 aliphatic heterocycles. The Morgan fingerprint density at radius 1 is 0.388 bits per heavy atom. The van der Waals surface area contributed by atoms with Crippen LogP contribution < -0.4 is 0 Å². The number of carboxylic acids is 1. The molecule has 0 bridgehead atoms. The van der Waals surface area contributed by atoms with E-state index in [1.807, 2.05) is 21.1 Å². The first-order valence-corrected chi connectivity index (χ1v) is 33.6. The topological polar surface area (TPSA) is 108 Å². The van der Waals surface area contributed by atoms with Crippen molar-refractivity contribution in [3.05, 3.63) is 72.9 Å². The molecule has 0 aromatic heterocycles. The van der Waals surface area contributed by atoms with Crippen LogP contribution in [0.3, 0.4) is 0 Å². The number of carbonyl (C=O) groups is 3. The van der Waals surface area contributed by atoms with Gasteiger partial charge in [0.25, 0.3) is 6.29 Å². The maximum Gasteiger partial charge on any atom is 0.361 e. The Labute approximate surface area is 494 Å². The second kappa shape index (κ2) is 61.8. The molecular formula is C71H128NO8+. The Morgan fingerprint density at radius 2 is 0.713 bits per heavy atom. The Kier molecular flexibility index (Phi) is 59.3. The van der Waals surface area contributed by atoms with Crippen LogP contribution in [-0.4, -0.2) is 87.4 Å². The second-order valence-electron chi connectivity index (χ2n) is 23.8. The van der Waals surface area contributed by atoms with Gasteiger partial charge in [-0.1, -0.05) is 299 Å². The third-order valence-corrected chi connectivity index (χ3v) is 14.7. The maximum absolute atomic E-state index is 12.9. The molecule has 1 N–H and O–H groups in total. The molecule has 9 heteroatoms. The summed E-state index contributed by atoms with van der Waals surface area (Å²) in [6.45, 7) is 4.81. The molecule has 0 rings (SSSR count). The minimum Gasteiger partial charge on any atom is -0.477 e. The number of unbranched alkanes of at least 4 members (excludes halogenated alkanes) is 35. The highest BCUT2D eigenvalue weighted by atomic mass is 16.7. The Bertz CT molecular complexity index is 1540. The Balaban J connectivity index is 4.12. The van der Waals surface area contributed by atoms with Crippen molar-refractivity contribution in [1.82, 2.24) is 0 Å². The molecule has 464 valence electrons. The largest absolute Gasteiger partial charge is 0.477 e. The standard InChI is InChI=1S/C71H127NO8/c1-6-8-10-12-14-16-18-20-22-24-26-28-30-31-32-33-34-35-36-37-38-39-40-42-44-46-48-50-52-54-56-58-60-62-69(74)80-67(66-79-71(70(75)76)77-64-63-72(3,4)5)65-78-68(73)61-59-57-55-53-51-49-47-45-43-41-29-27-25-23-21-19-17-15-13-11-9-7-2/h8,10,14,16,20,22,26,28,31-32,34-35,67,71H,6-7,9,11-13,15,17-19,21,23-25,27,29-30,33,36-66H2,1-5H3/p+1/b10-8-,16-14-,22-20-,28-26-,32-31-,35-34-. The van der Waals surface area contributed by atoms with Gasteiger partial charge in [0, 0.05) is 12.8 Å². The van der Waals surface area contributed by atoms with Gasteiger partial charge in [-0.3, -0.25) is 9.59 Å². The minimum absolute atomic E-state index is 0.180. The summed E-state index contributed by atoms with van der Waals surface area (Å²) in [5, 5.41) is 9.74. The first-order valence-electron chi connectivity index (χ1n) is 33.6. The van der Waals surface area contributed by atoms with Gasteiger partial charge in [0.15, 0.2) is 6.10 Å². The number of nitrogens with zero attached hydrogens (tertiary/aromatic N) is 1. The SMILES string of the molecule is CC/C=C\C/C=C\C/C=C\C/C=C\C/C=C\C/C=C\CCCCCCCCCCCCCCCCC(=O)OC(COC(=O)CCCCCCCCCCCCCCCCCCCCCCCC)COC(OCC[N+](C)(C)C)C(=O)O. The van der Waals surface area contributed by atoms with Gasteiger partial charge in [-0.05, 0) is 64.2 Å². The molecular weight excluding hydrogens is 995 g/mol. The summed E-state index contributed by atoms with van der Waals surface area (Å²) in [6.07, 6.45) is 78.6. The van der Waals surface area contributed by atoms with Crippen molar-refractivity contribution in [3.8, 4) is 0 Å². The number of hydrogen-bond acceptors (Lipinski definition) is 7. The van der Waals surface area contributed by atoms with E-state index in [2.05, 4.69) is 86.8 Å². The average Bonchev–Trinajstić information content (AvgIpc) is 3.43. The lowest BCUT2D eigenvalue weighted by atomic mass is 10.0. The number of allylic oxidation sites excluding steroid dienone is 12. The summed E-state index contributed by atoms with van der Waals surface area (Å²) in [6, 6.07) is 0. The van der Waals surface area contributed by atoms with Crippen LogP contribution in [0.1, 0.15) is 303 Å². The number of ether oxygens (including phenoxy) is 4. The van der Waals surface area contributed by atoms with Gasteiger partial charge in [-0.25, -0.2) is 4.79 Å². The number of esters is 2. The number of likely N-dealkylation sites (N-methyl/N-ethyl adjacent to an activating group) is 1. The predicted octanol–water partition coefficient (Wildman–Crippen LogP) is 20.5. The van der Waals surface area contributed by atoms with E-state index in [4.69, 9.17) is 18.9 Å². The first kappa shape index (κ1) is 76.7. The maximum atomic E-state index is 12.9. The summed E-state index contributed by atoms with van der Waals surface area (Å²) in [5.41, 5.74) is 0. The molecule has 0 amide bonds. The van der Waals surface area contributed by atoms with Gasteiger partial charge < -0.3 is 28.5 Å². The fourth-order valence-electron chi connectivity index (χ4n) is 9.61. The molecule has 2 atom stereocenters. The van der Waals surface area contributed by atoms with Crippen LogP contribution in [0, 0.1) is 0 Å². The molecule has 0 aromatic rings. The molecule has 0 radical (unpaired) electrons. The van der Waals surface area contributed by atoms with E-state index in [9.17, 15) is 19.5 Å². The monoisotopic (exact) mass is 1120 g/mol. The van der Waals surface area contributed by atoms with Crippen LogP contribution in [0.2, 0.25) is 0 Å². The van der Waals surface area contributed by atoms with E-state index >= 15 is 0 Å². The van der Waals surface area contributed by atoms with Gasteiger partial charge in [0.05, 0.1) is 34.4 Å². The predicted molar refractivity (Wildman–Crippen MR) is 341 cm³/mol. The van der Waals surface area contributed by atoms with Crippen molar-refractivity contribution < 1.29 is 42.9 Å². The van der Waals surface area contributed by atoms with Crippen LogP contribution >= 0.6 is 0 Å². The molecule has 0 saturated heterocycles. The molecule has 0 aliphatic carbocycles. The summed E-state index contributed by atoms with van der Waals surface area (Å²) in [5.74, 6) is -1.99. The smallest absolute Gasteiger partial charge is 0.361 e. The quantitative estimate of drug-likeness (QED) is 0.0211. The zero-order valence-corrected chi connectivity index (χ0v) is 53.0. The van der Waals surface area contributed by atoms with E-state index in [1.54, 1.807) is 0 Å². The van der Waals surface area contributed by atoms with Crippen LogP contribution in [-0.2, 0) is 33.3 Å². The number of quaternary nitrogens is 1. The lowest BCUT2D eigenvalue weighted by Crippen LogP contribution is -2.40. The van der Waals surface area contributed by atoms with Crippen LogP contribution in [0.25, 0.3) is 0 Å². The molecule has 9 nitrogen and oxygen atoms in total. The van der Waals surface area contributed by atoms with E-state index in [-0.39, 0.29) is 32.2 Å². The third-order valence-electron chi connectivity index (χ3n) is 14.7. The number of carbonyl (C=O) groups excluding carboxylic acids is 2. The molecule has 0 saturated carbocycles. The highest BCUT2D eigenvalue weighted by Gasteiger charge is 2.25. The number of carboxylic acid groups (broad SMARTS) is 1. The lowest BCUT2D eigenvalue weighted by molar-refractivity contribution is -0.870. The number of hydrogen-bond donors (Lipinski definition) is 1. The molecule has 80 heavy (non-hydrogen) atoms. The third kappa shape index (κ3) is 62.3. The Hall–Kier alpha value is -3.27. The van der Waals surface area contributed by atoms with Crippen molar-refractivity contribution in [2.24, 2.45) is 0 Å². The molecule has 0 spiro atoms. The van der Waals surface area contributed by atoms with E-state index in [0.717, 1.165) is 77.0 Å². The zero-order valence-electron chi connectivity index (χ0n) is 53.0. The summed E-state index contributed by atoms with van der Waals surface area (Å²) in [4.78, 5) is 37.6. The summed E-state index contributed by atoms with van der Waals surface area (Å²) < 4.78 is 23.0. The molecule has 2 unspecified atom stereocenters. The highest BCUT2D eigenvalue weighted by molar-refractivity contribution is 5.71. The first-order chi connectivity index (χ1) is 39.1. The van der Waals surface area contributed by atoms with Gasteiger partial charge in [0.2, 0.25) is 0 Å². The summed E-state index contributed by atoms with van der Waals surface area (Å²) in [7, 11) is 5.98. The second-order valence-corrected chi connectivity index (χ2v) is 23.8. The van der Waals surface area contributed by atoms with Gasteiger partial charge in [-0.15, -0.1) is 0 Å². The Morgan fingerprint density at radius 3 is 1.06 bits per heavy atom. The normalized spacial score (nSPS) is 13.2. The number of rotatable bonds is 62. The van der Waals surface area contributed by atoms with Crippen molar-refractivity contribution in [2.75, 3.05) is 47.5 Å². The van der Waals surface area contributed by atoms with Crippen molar-refractivity contribution >= 4 is 17.9 Å². The van der Waals surface area contributed by atoms with Crippen molar-refractivity contribution in [1.29, 1.82) is 0 Å². The van der Waals surface area contributed by atoms with E-state index < -0.39 is 24.3 Å². The van der Waals surface area contributed by atoms with Crippen LogP contribution in [0.5, 0.6) is 0 Å². The van der Waals surface area contributed by atoms with Gasteiger partial charge in [0.1, 0.15) is 13.2 Å². The number of aliphatic carboxylic acids is 1. The zero-order chi connectivity index (χ0) is 58.3. The molecule has 0 heterocycles. The fraction of sp³-hybridized carbons (Fsp3) is 0.789. The summed E-state index contributed by atoms with van der Waals surface area (Å²) >= 11 is 0. The van der Waals surface area contributed by atoms with E-state index in [0.29, 0.717) is 17.4 Å². The van der Waals surface area contributed by atoms with Gasteiger partial charge in [-0.2, -0.15) is 0 Å². The van der Waals surface area contributed by atoms with Crippen molar-refractivity contribution in [3.63, 3.8) is 0 Å². The van der Waals surface area contributed by atoms with Gasteiger partial charge >= 0.3 is 17.9 Å². The van der Waals surface area contributed by atoms with Crippen LogP contribution in [0.4, 0.5) is 0 Å². The lowest BCUT2D eigenvalue weighted by Gasteiger charge is -2.25. The minimum atomic E-state index is -1.51. The van der Waals surface area contributed by atoms with E-state index in [1.165, 1.54) is 199 Å². The molecule has 0 aromatic carbocycles.